The number of fused-ring (bicyclic) bond motifs is 1. The zero-order chi connectivity index (χ0) is 12.7. The summed E-state index contributed by atoms with van der Waals surface area (Å²) in [6.45, 7) is 1.99. The summed E-state index contributed by atoms with van der Waals surface area (Å²) in [6, 6.07) is 7.77. The van der Waals surface area contributed by atoms with E-state index in [-0.39, 0.29) is 5.62 Å². The van der Waals surface area contributed by atoms with Gasteiger partial charge in [-0.25, -0.2) is 4.98 Å². The molecule has 0 saturated carbocycles. The fraction of sp³-hybridized carbons (Fsp3) is 0.0833. The molecule has 0 spiro atoms. The smallest absolute Gasteiger partial charge is 0.230 e. The van der Waals surface area contributed by atoms with Gasteiger partial charge in [-0.15, -0.1) is 0 Å². The second-order valence-corrected chi connectivity index (χ2v) is 4.10. The first-order valence-corrected chi connectivity index (χ1v) is 5.50. The van der Waals surface area contributed by atoms with Gasteiger partial charge in [0.15, 0.2) is 5.65 Å². The highest BCUT2D eigenvalue weighted by Crippen LogP contribution is 2.17. The molecule has 2 aromatic heterocycles. The van der Waals surface area contributed by atoms with Crippen LogP contribution in [-0.2, 0) is 0 Å². The summed E-state index contributed by atoms with van der Waals surface area (Å²) in [5, 5.41) is 7.96. The van der Waals surface area contributed by atoms with Crippen LogP contribution in [0.15, 0.2) is 30.6 Å². The predicted octanol–water partition coefficient (Wildman–Crippen LogP) is 1.12. The van der Waals surface area contributed by atoms with Crippen LogP contribution in [-0.4, -0.2) is 19.5 Å². The van der Waals surface area contributed by atoms with Crippen LogP contribution in [0.1, 0.15) is 5.56 Å². The van der Waals surface area contributed by atoms with E-state index in [1.54, 1.807) is 4.57 Å². The number of nitrogen functional groups attached to an aromatic ring is 1. The standard InChI is InChI=1S/C12H12N6/c1-7-3-2-4-8(5-7)18-10(13)9-11(16-6-15-9)17-12(18)14/h2-6H,13H2,1H3,(H2,14,15,16,17). The molecule has 0 aliphatic carbocycles. The number of H-pyrrole nitrogens is 1. The third-order valence-electron chi connectivity index (χ3n) is 2.80. The third-order valence-corrected chi connectivity index (χ3v) is 2.80. The Morgan fingerprint density at radius 3 is 3.00 bits per heavy atom. The SMILES string of the molecule is Cc1cccc(-n2c(N)c3[nH]cnc3nc2=N)c1. The number of aromatic amines is 1. The molecular weight excluding hydrogens is 228 g/mol. The van der Waals surface area contributed by atoms with Crippen LogP contribution in [0, 0.1) is 12.3 Å². The number of benzene rings is 1. The molecule has 2 heterocycles. The highest BCUT2D eigenvalue weighted by Gasteiger charge is 2.10. The van der Waals surface area contributed by atoms with Crippen molar-refractivity contribution >= 4 is 17.0 Å². The number of anilines is 1. The first-order valence-electron chi connectivity index (χ1n) is 5.50. The van der Waals surface area contributed by atoms with Gasteiger partial charge >= 0.3 is 0 Å². The molecule has 0 radical (unpaired) electrons. The van der Waals surface area contributed by atoms with Crippen molar-refractivity contribution in [1.29, 1.82) is 5.41 Å². The molecular formula is C12H12N6. The Bertz CT molecular complexity index is 783. The van der Waals surface area contributed by atoms with E-state index in [0.29, 0.717) is 17.0 Å². The summed E-state index contributed by atoms with van der Waals surface area (Å²) in [4.78, 5) is 11.1. The van der Waals surface area contributed by atoms with E-state index in [1.807, 2.05) is 31.2 Å². The Hall–Kier alpha value is -2.63. The lowest BCUT2D eigenvalue weighted by atomic mass is 10.2. The topological polar surface area (TPSA) is 96.4 Å². The molecule has 0 fully saturated rings. The predicted molar refractivity (Wildman–Crippen MR) is 68.2 cm³/mol. The number of aromatic nitrogens is 4. The van der Waals surface area contributed by atoms with Gasteiger partial charge in [-0.3, -0.25) is 9.98 Å². The van der Waals surface area contributed by atoms with Crippen molar-refractivity contribution in [2.75, 3.05) is 5.73 Å². The number of nitrogens with two attached hydrogens (primary N) is 1. The Kier molecular flexibility index (Phi) is 2.16. The number of aryl methyl sites for hydroxylation is 1. The van der Waals surface area contributed by atoms with Crippen LogP contribution < -0.4 is 11.4 Å². The van der Waals surface area contributed by atoms with Gasteiger partial charge in [-0.05, 0) is 24.6 Å². The Labute approximate surface area is 103 Å². The molecule has 18 heavy (non-hydrogen) atoms. The average Bonchev–Trinajstić information content (AvgIpc) is 2.77. The van der Waals surface area contributed by atoms with E-state index in [0.717, 1.165) is 11.3 Å². The largest absolute Gasteiger partial charge is 0.383 e. The van der Waals surface area contributed by atoms with Crippen LogP contribution in [0.3, 0.4) is 0 Å². The molecule has 6 heteroatoms. The van der Waals surface area contributed by atoms with Crippen LogP contribution in [0.4, 0.5) is 5.82 Å². The number of hydrogen-bond donors (Lipinski definition) is 3. The van der Waals surface area contributed by atoms with Gasteiger partial charge < -0.3 is 10.7 Å². The van der Waals surface area contributed by atoms with Gasteiger partial charge in [0.1, 0.15) is 11.3 Å². The van der Waals surface area contributed by atoms with E-state index in [9.17, 15) is 0 Å². The van der Waals surface area contributed by atoms with Crippen molar-refractivity contribution in [3.63, 3.8) is 0 Å². The third kappa shape index (κ3) is 1.46. The van der Waals surface area contributed by atoms with Gasteiger partial charge in [0.05, 0.1) is 12.0 Å². The Morgan fingerprint density at radius 1 is 1.39 bits per heavy atom. The zero-order valence-corrected chi connectivity index (χ0v) is 9.81. The second kappa shape index (κ2) is 3.69. The fourth-order valence-electron chi connectivity index (χ4n) is 1.96. The normalized spacial score (nSPS) is 10.9. The van der Waals surface area contributed by atoms with Gasteiger partial charge in [0.25, 0.3) is 0 Å². The van der Waals surface area contributed by atoms with Crippen molar-refractivity contribution in [2.24, 2.45) is 0 Å². The molecule has 0 unspecified atom stereocenters. The highest BCUT2D eigenvalue weighted by molar-refractivity contribution is 5.81. The maximum absolute atomic E-state index is 7.96. The summed E-state index contributed by atoms with van der Waals surface area (Å²) >= 11 is 0. The lowest BCUT2D eigenvalue weighted by molar-refractivity contribution is 0.873. The minimum Gasteiger partial charge on any atom is -0.383 e. The Balaban J connectivity index is 2.38. The molecule has 1 aromatic carbocycles. The average molecular weight is 240 g/mol. The maximum atomic E-state index is 7.96. The first kappa shape index (κ1) is 10.5. The summed E-state index contributed by atoms with van der Waals surface area (Å²) < 4.78 is 1.59. The number of nitrogens with zero attached hydrogens (tertiary/aromatic N) is 3. The second-order valence-electron chi connectivity index (χ2n) is 4.10. The van der Waals surface area contributed by atoms with Gasteiger partial charge in [-0.1, -0.05) is 12.1 Å². The molecule has 90 valence electrons. The first-order chi connectivity index (χ1) is 8.66. The van der Waals surface area contributed by atoms with Crippen molar-refractivity contribution in [3.8, 4) is 5.69 Å². The number of hydrogen-bond acceptors (Lipinski definition) is 4. The minimum absolute atomic E-state index is 0.0673. The maximum Gasteiger partial charge on any atom is 0.230 e. The molecule has 0 bridgehead atoms. The number of rotatable bonds is 1. The molecule has 6 nitrogen and oxygen atoms in total. The summed E-state index contributed by atoms with van der Waals surface area (Å²) in [5.41, 5.74) is 9.17. The zero-order valence-electron chi connectivity index (χ0n) is 9.81. The van der Waals surface area contributed by atoms with Gasteiger partial charge in [0, 0.05) is 0 Å². The summed E-state index contributed by atoms with van der Waals surface area (Å²) in [7, 11) is 0. The molecule has 3 aromatic rings. The minimum atomic E-state index is 0.0673. The highest BCUT2D eigenvalue weighted by atomic mass is 15.2. The van der Waals surface area contributed by atoms with Gasteiger partial charge in [0.2, 0.25) is 5.62 Å². The number of imidazole rings is 1. The van der Waals surface area contributed by atoms with Crippen molar-refractivity contribution < 1.29 is 0 Å². The quantitative estimate of drug-likeness (QED) is 0.594. The molecule has 0 atom stereocenters. The molecule has 3 rings (SSSR count). The monoisotopic (exact) mass is 240 g/mol. The van der Waals surface area contributed by atoms with E-state index in [2.05, 4.69) is 15.0 Å². The van der Waals surface area contributed by atoms with Crippen LogP contribution >= 0.6 is 0 Å². The van der Waals surface area contributed by atoms with Crippen molar-refractivity contribution in [3.05, 3.63) is 41.8 Å². The molecule has 0 saturated heterocycles. The number of nitrogens with one attached hydrogen (secondary N) is 2. The lowest BCUT2D eigenvalue weighted by Crippen LogP contribution is -2.24. The van der Waals surface area contributed by atoms with Crippen LogP contribution in [0.2, 0.25) is 0 Å². The molecule has 4 N–H and O–H groups in total. The lowest BCUT2D eigenvalue weighted by Gasteiger charge is -2.10. The van der Waals surface area contributed by atoms with Crippen LogP contribution in [0.5, 0.6) is 0 Å². The Morgan fingerprint density at radius 2 is 2.22 bits per heavy atom. The summed E-state index contributed by atoms with van der Waals surface area (Å²) in [6.07, 6.45) is 1.52. The van der Waals surface area contributed by atoms with Crippen molar-refractivity contribution in [1.82, 2.24) is 19.5 Å². The van der Waals surface area contributed by atoms with Gasteiger partial charge in [-0.2, -0.15) is 4.98 Å². The molecule has 0 aliphatic rings. The molecule has 0 aliphatic heterocycles. The fourth-order valence-corrected chi connectivity index (χ4v) is 1.96. The molecule has 0 amide bonds. The van der Waals surface area contributed by atoms with E-state index >= 15 is 0 Å². The van der Waals surface area contributed by atoms with E-state index < -0.39 is 0 Å². The summed E-state index contributed by atoms with van der Waals surface area (Å²) in [5.74, 6) is 0.438. The van der Waals surface area contributed by atoms with E-state index in [1.165, 1.54) is 6.33 Å². The van der Waals surface area contributed by atoms with Crippen LogP contribution in [0.25, 0.3) is 16.9 Å². The van der Waals surface area contributed by atoms with Crippen molar-refractivity contribution in [2.45, 2.75) is 6.92 Å². The van der Waals surface area contributed by atoms with E-state index in [4.69, 9.17) is 11.1 Å².